The lowest BCUT2D eigenvalue weighted by Crippen LogP contribution is -2.52. The highest BCUT2D eigenvalue weighted by molar-refractivity contribution is 9.10. The number of nitrogens with one attached hydrogen (secondary N) is 1. The van der Waals surface area contributed by atoms with Gasteiger partial charge in [0, 0.05) is 36.2 Å². The van der Waals surface area contributed by atoms with Crippen LogP contribution < -0.4 is 5.32 Å². The van der Waals surface area contributed by atoms with Gasteiger partial charge < -0.3 is 19.9 Å². The molecule has 0 unspecified atom stereocenters. The van der Waals surface area contributed by atoms with Crippen molar-refractivity contribution in [3.05, 3.63) is 75.4 Å². The second-order valence-corrected chi connectivity index (χ2v) is 10.3. The van der Waals surface area contributed by atoms with E-state index in [1.54, 1.807) is 34.9 Å². The topological polar surface area (TPSA) is 79.0 Å². The zero-order valence-corrected chi connectivity index (χ0v) is 22.2. The van der Waals surface area contributed by atoms with Crippen LogP contribution in [0.5, 0.6) is 0 Å². The molecule has 0 radical (unpaired) electrons. The van der Waals surface area contributed by atoms with E-state index in [0.29, 0.717) is 38.3 Å². The van der Waals surface area contributed by atoms with Gasteiger partial charge in [0.15, 0.2) is 0 Å². The van der Waals surface area contributed by atoms with Crippen molar-refractivity contribution in [3.63, 3.8) is 0 Å². The third-order valence-electron chi connectivity index (χ3n) is 5.77. The fourth-order valence-corrected chi connectivity index (χ4v) is 3.93. The number of benzene rings is 2. The number of carbonyl (C=O) groups is 3. The van der Waals surface area contributed by atoms with Gasteiger partial charge in [0.1, 0.15) is 5.70 Å². The van der Waals surface area contributed by atoms with Crippen LogP contribution in [-0.2, 0) is 14.9 Å². The minimum atomic E-state index is -0.378. The van der Waals surface area contributed by atoms with Crippen LogP contribution in [0.3, 0.4) is 0 Å². The first-order valence-corrected chi connectivity index (χ1v) is 12.5. The summed E-state index contributed by atoms with van der Waals surface area (Å²) in [6.07, 6.45) is 1.30. The van der Waals surface area contributed by atoms with Gasteiger partial charge in [0.2, 0.25) is 0 Å². The van der Waals surface area contributed by atoms with Gasteiger partial charge in [-0.3, -0.25) is 9.59 Å². The molecule has 1 saturated heterocycles. The maximum absolute atomic E-state index is 13.4. The third kappa shape index (κ3) is 7.18. The van der Waals surface area contributed by atoms with Crippen LogP contribution in [0.15, 0.2) is 58.7 Å². The van der Waals surface area contributed by atoms with Crippen molar-refractivity contribution in [2.75, 3.05) is 32.8 Å². The van der Waals surface area contributed by atoms with Gasteiger partial charge in [0.05, 0.1) is 6.61 Å². The summed E-state index contributed by atoms with van der Waals surface area (Å²) in [5.41, 5.74) is 2.53. The van der Waals surface area contributed by atoms with Gasteiger partial charge in [-0.15, -0.1) is 0 Å². The van der Waals surface area contributed by atoms with Crippen molar-refractivity contribution in [3.8, 4) is 0 Å². The molecule has 0 spiro atoms. The highest BCUT2D eigenvalue weighted by atomic mass is 79.9. The Hall–Kier alpha value is -3.13. The molecule has 3 amide bonds. The number of halogens is 1. The summed E-state index contributed by atoms with van der Waals surface area (Å²) >= 11 is 3.41. The fraction of sp³-hybridized carbons (Fsp3) is 0.370. The Morgan fingerprint density at radius 3 is 2.06 bits per heavy atom. The summed E-state index contributed by atoms with van der Waals surface area (Å²) in [7, 11) is 0. The first-order valence-electron chi connectivity index (χ1n) is 11.7. The lowest BCUT2D eigenvalue weighted by molar-refractivity contribution is -0.128. The quantitative estimate of drug-likeness (QED) is 0.550. The van der Waals surface area contributed by atoms with E-state index >= 15 is 0 Å². The third-order valence-corrected chi connectivity index (χ3v) is 6.29. The molecule has 186 valence electrons. The number of nitrogens with zero attached hydrogens (tertiary/aromatic N) is 2. The minimum Gasteiger partial charge on any atom is -0.450 e. The van der Waals surface area contributed by atoms with E-state index in [9.17, 15) is 14.4 Å². The predicted molar refractivity (Wildman–Crippen MR) is 140 cm³/mol. The van der Waals surface area contributed by atoms with Crippen molar-refractivity contribution in [1.29, 1.82) is 0 Å². The van der Waals surface area contributed by atoms with E-state index in [2.05, 4.69) is 42.0 Å². The van der Waals surface area contributed by atoms with Gasteiger partial charge in [-0.2, -0.15) is 0 Å². The number of hydrogen-bond donors (Lipinski definition) is 1. The molecule has 0 aromatic heterocycles. The van der Waals surface area contributed by atoms with Crippen LogP contribution in [0, 0.1) is 0 Å². The molecule has 1 fully saturated rings. The number of carbonyl (C=O) groups excluding carboxylic acids is 3. The summed E-state index contributed by atoms with van der Waals surface area (Å²) in [4.78, 5) is 41.7. The van der Waals surface area contributed by atoms with E-state index in [1.807, 2.05) is 36.4 Å². The van der Waals surface area contributed by atoms with Crippen molar-refractivity contribution < 1.29 is 19.1 Å². The Kier molecular flexibility index (Phi) is 8.72. The maximum Gasteiger partial charge on any atom is 0.409 e. The average molecular weight is 542 g/mol. The molecule has 0 bridgehead atoms. The molecule has 2 aromatic carbocycles. The molecule has 0 aliphatic carbocycles. The number of piperazine rings is 1. The molecule has 1 N–H and O–H groups in total. The van der Waals surface area contributed by atoms with Crippen LogP contribution in [0.1, 0.15) is 49.2 Å². The first-order chi connectivity index (χ1) is 16.6. The molecule has 1 aliphatic rings. The number of rotatable bonds is 5. The minimum absolute atomic E-state index is 0.0245. The van der Waals surface area contributed by atoms with Crippen LogP contribution in [-0.4, -0.2) is 60.5 Å². The van der Waals surface area contributed by atoms with Crippen LogP contribution in [0.25, 0.3) is 6.08 Å². The molecule has 0 atom stereocenters. The van der Waals surface area contributed by atoms with Crippen molar-refractivity contribution in [2.45, 2.75) is 33.1 Å². The molecular weight excluding hydrogens is 510 g/mol. The molecule has 2 aromatic rings. The molecule has 7 nitrogen and oxygen atoms in total. The normalized spacial score (nSPS) is 14.5. The fourth-order valence-electron chi connectivity index (χ4n) is 3.67. The Labute approximate surface area is 215 Å². The van der Waals surface area contributed by atoms with Crippen molar-refractivity contribution in [2.24, 2.45) is 0 Å². The van der Waals surface area contributed by atoms with Crippen LogP contribution in [0.4, 0.5) is 4.79 Å². The number of ether oxygens (including phenoxy) is 1. The second-order valence-electron chi connectivity index (χ2n) is 9.37. The molecular formula is C27H32BrN3O4. The van der Waals surface area contributed by atoms with E-state index in [4.69, 9.17) is 4.74 Å². The predicted octanol–water partition coefficient (Wildman–Crippen LogP) is 4.82. The van der Waals surface area contributed by atoms with E-state index in [1.165, 1.54) is 0 Å². The lowest BCUT2D eigenvalue weighted by Gasteiger charge is -2.34. The summed E-state index contributed by atoms with van der Waals surface area (Å²) in [5, 5.41) is 2.82. The molecule has 0 saturated carbocycles. The Morgan fingerprint density at radius 1 is 0.943 bits per heavy atom. The SMILES string of the molecule is CCOC(=O)N1CCN(C(=O)C(=Cc2ccc(Br)cc2)NC(=O)c2ccc(C(C)(C)C)cc2)CC1. The first kappa shape index (κ1) is 26.5. The van der Waals surface area contributed by atoms with E-state index in [0.717, 1.165) is 15.6 Å². The van der Waals surface area contributed by atoms with E-state index < -0.39 is 0 Å². The van der Waals surface area contributed by atoms with Gasteiger partial charge in [-0.1, -0.05) is 61.0 Å². The van der Waals surface area contributed by atoms with Gasteiger partial charge >= 0.3 is 6.09 Å². The Balaban J connectivity index is 1.79. The summed E-state index contributed by atoms with van der Waals surface area (Å²) in [5.74, 6) is -0.650. The summed E-state index contributed by atoms with van der Waals surface area (Å²) in [6, 6.07) is 14.9. The Morgan fingerprint density at radius 2 is 1.51 bits per heavy atom. The van der Waals surface area contributed by atoms with Gasteiger partial charge in [0.25, 0.3) is 11.8 Å². The smallest absolute Gasteiger partial charge is 0.409 e. The van der Waals surface area contributed by atoms with Crippen molar-refractivity contribution >= 4 is 39.9 Å². The zero-order chi connectivity index (χ0) is 25.6. The Bertz CT molecular complexity index is 1080. The molecule has 3 rings (SSSR count). The second kappa shape index (κ2) is 11.5. The van der Waals surface area contributed by atoms with Crippen LogP contribution >= 0.6 is 15.9 Å². The zero-order valence-electron chi connectivity index (χ0n) is 20.6. The number of amides is 3. The average Bonchev–Trinajstić information content (AvgIpc) is 2.84. The van der Waals surface area contributed by atoms with Crippen molar-refractivity contribution in [1.82, 2.24) is 15.1 Å². The van der Waals surface area contributed by atoms with Gasteiger partial charge in [-0.05, 0) is 53.8 Å². The number of hydrogen-bond acceptors (Lipinski definition) is 4. The largest absolute Gasteiger partial charge is 0.450 e. The maximum atomic E-state index is 13.4. The monoisotopic (exact) mass is 541 g/mol. The van der Waals surface area contributed by atoms with E-state index in [-0.39, 0.29) is 29.0 Å². The highest BCUT2D eigenvalue weighted by Crippen LogP contribution is 2.22. The summed E-state index contributed by atoms with van der Waals surface area (Å²) in [6.45, 7) is 9.86. The molecule has 1 aliphatic heterocycles. The lowest BCUT2D eigenvalue weighted by atomic mass is 9.87. The van der Waals surface area contributed by atoms with Crippen LogP contribution in [0.2, 0.25) is 0 Å². The summed E-state index contributed by atoms with van der Waals surface area (Å²) < 4.78 is 5.97. The standard InChI is InChI=1S/C27H32BrN3O4/c1-5-35-26(34)31-16-14-30(15-17-31)25(33)23(18-19-6-12-22(28)13-7-19)29-24(32)20-8-10-21(11-9-20)27(2,3)4/h6-13,18H,5,14-17H2,1-4H3,(H,29,32). The molecule has 8 heteroatoms. The van der Waals surface area contributed by atoms with Gasteiger partial charge in [-0.25, -0.2) is 4.79 Å². The molecule has 1 heterocycles. The molecule has 35 heavy (non-hydrogen) atoms. The highest BCUT2D eigenvalue weighted by Gasteiger charge is 2.27.